The van der Waals surface area contributed by atoms with Crippen molar-refractivity contribution in [3.05, 3.63) is 52.7 Å². The molecular formula is C13H8Cl2N4O. The van der Waals surface area contributed by atoms with E-state index in [2.05, 4.69) is 20.3 Å². The van der Waals surface area contributed by atoms with Crippen molar-refractivity contribution in [3.8, 4) is 0 Å². The molecule has 20 heavy (non-hydrogen) atoms. The van der Waals surface area contributed by atoms with Crippen LogP contribution in [0.5, 0.6) is 0 Å². The molecule has 0 atom stereocenters. The van der Waals surface area contributed by atoms with Gasteiger partial charge in [-0.1, -0.05) is 41.4 Å². The number of nitrogens with zero attached hydrogens (tertiary/aromatic N) is 2. The maximum atomic E-state index is 12.2. The fourth-order valence-corrected chi connectivity index (χ4v) is 2.23. The Balaban J connectivity index is 1.93. The number of carbonyl (C=O) groups excluding carboxylic acids is 1. The van der Waals surface area contributed by atoms with Crippen molar-refractivity contribution in [2.45, 2.75) is 0 Å². The highest BCUT2D eigenvalue weighted by Gasteiger charge is 2.14. The van der Waals surface area contributed by atoms with Gasteiger partial charge in [-0.3, -0.25) is 4.79 Å². The highest BCUT2D eigenvalue weighted by molar-refractivity contribution is 6.38. The number of carbonyl (C=O) groups is 1. The van der Waals surface area contributed by atoms with E-state index in [0.717, 1.165) is 10.9 Å². The van der Waals surface area contributed by atoms with Gasteiger partial charge in [0, 0.05) is 10.9 Å². The van der Waals surface area contributed by atoms with Crippen LogP contribution in [0.25, 0.3) is 10.9 Å². The lowest BCUT2D eigenvalue weighted by Gasteiger charge is -2.06. The van der Waals surface area contributed by atoms with Crippen LogP contribution in [0.3, 0.4) is 0 Å². The minimum atomic E-state index is -0.361. The first kappa shape index (κ1) is 12.9. The molecule has 100 valence electrons. The molecule has 5 nitrogen and oxygen atoms in total. The lowest BCUT2D eigenvalue weighted by atomic mass is 10.2. The molecule has 0 radical (unpaired) electrons. The van der Waals surface area contributed by atoms with Gasteiger partial charge in [-0.15, -0.1) is 0 Å². The lowest BCUT2D eigenvalue weighted by molar-refractivity contribution is 0.102. The number of halogens is 2. The van der Waals surface area contributed by atoms with E-state index in [1.807, 2.05) is 24.3 Å². The monoisotopic (exact) mass is 306 g/mol. The summed E-state index contributed by atoms with van der Waals surface area (Å²) in [7, 11) is 0. The van der Waals surface area contributed by atoms with Gasteiger partial charge in [-0.05, 0) is 12.1 Å². The number of rotatable bonds is 2. The van der Waals surface area contributed by atoms with Gasteiger partial charge in [0.1, 0.15) is 17.7 Å². The Morgan fingerprint density at radius 1 is 1.15 bits per heavy atom. The lowest BCUT2D eigenvalue weighted by Crippen LogP contribution is -2.13. The van der Waals surface area contributed by atoms with Crippen molar-refractivity contribution >= 4 is 45.7 Å². The molecule has 2 heterocycles. The van der Waals surface area contributed by atoms with Crippen molar-refractivity contribution in [3.63, 3.8) is 0 Å². The Bertz CT molecular complexity index is 747. The van der Waals surface area contributed by atoms with E-state index in [1.54, 1.807) is 6.07 Å². The normalized spacial score (nSPS) is 10.7. The summed E-state index contributed by atoms with van der Waals surface area (Å²) in [6.07, 6.45) is 1.23. The van der Waals surface area contributed by atoms with Crippen LogP contribution in [0.4, 0.5) is 5.69 Å². The molecule has 1 amide bonds. The number of fused-ring (bicyclic) bond motifs is 1. The predicted molar refractivity (Wildman–Crippen MR) is 78.3 cm³/mol. The quantitative estimate of drug-likeness (QED) is 0.712. The molecule has 1 aromatic carbocycles. The number of benzene rings is 1. The van der Waals surface area contributed by atoms with E-state index in [-0.39, 0.29) is 21.9 Å². The molecule has 2 aromatic heterocycles. The molecule has 0 aliphatic rings. The first-order valence-electron chi connectivity index (χ1n) is 5.70. The van der Waals surface area contributed by atoms with E-state index in [0.29, 0.717) is 5.69 Å². The number of hydrogen-bond acceptors (Lipinski definition) is 3. The summed E-state index contributed by atoms with van der Waals surface area (Å²) in [5.41, 5.74) is 1.47. The molecule has 3 rings (SSSR count). The van der Waals surface area contributed by atoms with Crippen LogP contribution in [0, 0.1) is 0 Å². The summed E-state index contributed by atoms with van der Waals surface area (Å²) in [5, 5.41) is 3.72. The van der Waals surface area contributed by atoms with Crippen molar-refractivity contribution in [2.75, 3.05) is 5.32 Å². The SMILES string of the molecule is O=C(Nc1c(Cl)ncnc1Cl)c1cc2ccccc2[nH]1. The minimum Gasteiger partial charge on any atom is -0.351 e. The summed E-state index contributed by atoms with van der Waals surface area (Å²) in [6, 6.07) is 9.33. The number of aromatic amines is 1. The van der Waals surface area contributed by atoms with Gasteiger partial charge in [-0.2, -0.15) is 0 Å². The van der Waals surface area contributed by atoms with Crippen molar-refractivity contribution in [2.24, 2.45) is 0 Å². The Labute approximate surface area is 124 Å². The smallest absolute Gasteiger partial charge is 0.272 e. The molecular weight excluding hydrogens is 299 g/mol. The topological polar surface area (TPSA) is 70.7 Å². The summed E-state index contributed by atoms with van der Waals surface area (Å²) in [5.74, 6) is -0.361. The van der Waals surface area contributed by atoms with Gasteiger partial charge in [-0.25, -0.2) is 9.97 Å². The number of nitrogens with one attached hydrogen (secondary N) is 2. The fraction of sp³-hybridized carbons (Fsp3) is 0. The third-order valence-corrected chi connectivity index (χ3v) is 3.34. The average Bonchev–Trinajstić information content (AvgIpc) is 2.87. The molecule has 0 fully saturated rings. The van der Waals surface area contributed by atoms with Gasteiger partial charge in [0.05, 0.1) is 0 Å². The molecule has 3 aromatic rings. The molecule has 0 saturated heterocycles. The van der Waals surface area contributed by atoms with Gasteiger partial charge in [0.2, 0.25) is 0 Å². The minimum absolute atomic E-state index is 0.0921. The summed E-state index contributed by atoms with van der Waals surface area (Å²) in [4.78, 5) is 22.7. The van der Waals surface area contributed by atoms with Crippen molar-refractivity contribution in [1.82, 2.24) is 15.0 Å². The van der Waals surface area contributed by atoms with Crippen LogP contribution in [-0.4, -0.2) is 20.9 Å². The number of H-pyrrole nitrogens is 1. The third kappa shape index (κ3) is 2.33. The Morgan fingerprint density at radius 2 is 1.85 bits per heavy atom. The molecule has 0 aliphatic heterocycles. The first-order chi connectivity index (χ1) is 9.65. The van der Waals surface area contributed by atoms with Crippen LogP contribution < -0.4 is 5.32 Å². The summed E-state index contributed by atoms with van der Waals surface area (Å²) in [6.45, 7) is 0. The average molecular weight is 307 g/mol. The second-order valence-corrected chi connectivity index (χ2v) is 4.77. The molecule has 0 unspecified atom stereocenters. The highest BCUT2D eigenvalue weighted by atomic mass is 35.5. The van der Waals surface area contributed by atoms with Crippen LogP contribution in [-0.2, 0) is 0 Å². The highest BCUT2D eigenvalue weighted by Crippen LogP contribution is 2.26. The zero-order valence-corrected chi connectivity index (χ0v) is 11.5. The summed E-state index contributed by atoms with van der Waals surface area (Å²) < 4.78 is 0. The maximum absolute atomic E-state index is 12.2. The van der Waals surface area contributed by atoms with E-state index in [4.69, 9.17) is 23.2 Å². The zero-order valence-electron chi connectivity index (χ0n) is 10.0. The molecule has 0 aliphatic carbocycles. The maximum Gasteiger partial charge on any atom is 0.272 e. The number of amides is 1. The molecule has 0 bridgehead atoms. The Morgan fingerprint density at radius 3 is 2.55 bits per heavy atom. The first-order valence-corrected chi connectivity index (χ1v) is 6.46. The van der Waals surface area contributed by atoms with Crippen LogP contribution in [0.15, 0.2) is 36.7 Å². The Kier molecular flexibility index (Phi) is 3.30. The molecule has 2 N–H and O–H groups in total. The molecule has 0 spiro atoms. The third-order valence-electron chi connectivity index (χ3n) is 2.77. The fourth-order valence-electron chi connectivity index (χ4n) is 1.82. The van der Waals surface area contributed by atoms with Crippen molar-refractivity contribution in [1.29, 1.82) is 0 Å². The van der Waals surface area contributed by atoms with E-state index in [9.17, 15) is 4.79 Å². The molecule has 0 saturated carbocycles. The number of hydrogen-bond donors (Lipinski definition) is 2. The standard InChI is InChI=1S/C13H8Cl2N4O/c14-11-10(12(15)17-6-16-11)19-13(20)9-5-7-3-1-2-4-8(7)18-9/h1-6,18H,(H,19,20). The largest absolute Gasteiger partial charge is 0.351 e. The van der Waals surface area contributed by atoms with Gasteiger partial charge in [0.15, 0.2) is 10.3 Å². The van der Waals surface area contributed by atoms with Crippen LogP contribution in [0.2, 0.25) is 10.3 Å². The van der Waals surface area contributed by atoms with E-state index in [1.165, 1.54) is 6.33 Å². The van der Waals surface area contributed by atoms with Crippen LogP contribution in [0.1, 0.15) is 10.5 Å². The Hall–Kier alpha value is -2.11. The number of anilines is 1. The van der Waals surface area contributed by atoms with Crippen LogP contribution >= 0.6 is 23.2 Å². The number of para-hydroxylation sites is 1. The van der Waals surface area contributed by atoms with Crippen molar-refractivity contribution < 1.29 is 4.79 Å². The van der Waals surface area contributed by atoms with Gasteiger partial charge < -0.3 is 10.3 Å². The molecule has 7 heteroatoms. The zero-order chi connectivity index (χ0) is 14.1. The summed E-state index contributed by atoms with van der Waals surface area (Å²) >= 11 is 11.8. The van der Waals surface area contributed by atoms with E-state index < -0.39 is 0 Å². The number of aromatic nitrogens is 3. The van der Waals surface area contributed by atoms with Gasteiger partial charge >= 0.3 is 0 Å². The second kappa shape index (κ2) is 5.11. The predicted octanol–water partition coefficient (Wildman–Crippen LogP) is 3.52. The second-order valence-electron chi connectivity index (χ2n) is 4.05. The van der Waals surface area contributed by atoms with E-state index >= 15 is 0 Å². The van der Waals surface area contributed by atoms with Gasteiger partial charge in [0.25, 0.3) is 5.91 Å².